The third-order valence-corrected chi connectivity index (χ3v) is 5.32. The topological polar surface area (TPSA) is 60.1 Å². The number of halogens is 1. The smallest absolute Gasteiger partial charge is 0.287 e. The Morgan fingerprint density at radius 2 is 2.08 bits per heavy atom. The fraction of sp³-hybridized carbons (Fsp3) is 0.263. The van der Waals surface area contributed by atoms with Crippen LogP contribution in [0.1, 0.15) is 41.3 Å². The maximum absolute atomic E-state index is 12.5. The number of carbonyl (C=O) groups is 1. The first kappa shape index (κ1) is 18.6. The number of thioether (sulfide) groups is 1. The van der Waals surface area contributed by atoms with Gasteiger partial charge < -0.3 is 14.3 Å². The van der Waals surface area contributed by atoms with Crippen molar-refractivity contribution in [3.63, 3.8) is 0 Å². The lowest BCUT2D eigenvalue weighted by molar-refractivity contribution is 0.0906. The Morgan fingerprint density at radius 3 is 2.73 bits per heavy atom. The molecule has 0 aliphatic rings. The lowest BCUT2D eigenvalue weighted by atomic mass is 10.0. The molecule has 1 atom stereocenters. The molecule has 0 bridgehead atoms. The van der Waals surface area contributed by atoms with Gasteiger partial charge in [-0.15, -0.1) is 0 Å². The molecular weight excluding hydrogens is 370 g/mol. The highest BCUT2D eigenvalue weighted by atomic mass is 35.5. The van der Waals surface area contributed by atoms with Crippen molar-refractivity contribution >= 4 is 29.3 Å². The van der Waals surface area contributed by atoms with E-state index in [1.54, 1.807) is 24.0 Å². The van der Waals surface area contributed by atoms with Gasteiger partial charge in [-0.25, -0.2) is 4.98 Å². The quantitative estimate of drug-likeness (QED) is 0.587. The molecule has 1 aromatic carbocycles. The number of nitrogens with zero attached hydrogens (tertiary/aromatic N) is 2. The molecule has 26 heavy (non-hydrogen) atoms. The van der Waals surface area contributed by atoms with Crippen LogP contribution in [-0.2, 0) is 12.8 Å². The van der Waals surface area contributed by atoms with Gasteiger partial charge in [0.25, 0.3) is 5.91 Å². The summed E-state index contributed by atoms with van der Waals surface area (Å²) in [4.78, 5) is 16.8. The second-order valence-corrected chi connectivity index (χ2v) is 7.24. The molecule has 1 unspecified atom stereocenters. The summed E-state index contributed by atoms with van der Waals surface area (Å²) in [7, 11) is 1.94. The zero-order valence-electron chi connectivity index (χ0n) is 14.6. The SMILES string of the molecule is CCC(NC(=O)c1ccc(CSc2nccn2C)o1)c1ccc(Cl)cc1. The monoisotopic (exact) mass is 389 g/mol. The molecule has 3 aromatic rings. The summed E-state index contributed by atoms with van der Waals surface area (Å²) < 4.78 is 7.64. The van der Waals surface area contributed by atoms with Gasteiger partial charge in [-0.1, -0.05) is 42.4 Å². The van der Waals surface area contributed by atoms with Crippen LogP contribution in [0, 0.1) is 0 Å². The molecule has 0 spiro atoms. The van der Waals surface area contributed by atoms with E-state index >= 15 is 0 Å². The van der Waals surface area contributed by atoms with Gasteiger partial charge in [0.05, 0.1) is 11.8 Å². The van der Waals surface area contributed by atoms with Gasteiger partial charge >= 0.3 is 0 Å². The van der Waals surface area contributed by atoms with Crippen LogP contribution in [0.2, 0.25) is 5.02 Å². The molecule has 5 nitrogen and oxygen atoms in total. The summed E-state index contributed by atoms with van der Waals surface area (Å²) in [5.74, 6) is 1.45. The summed E-state index contributed by atoms with van der Waals surface area (Å²) in [6.45, 7) is 2.02. The maximum Gasteiger partial charge on any atom is 0.287 e. The van der Waals surface area contributed by atoms with E-state index < -0.39 is 0 Å². The third-order valence-electron chi connectivity index (χ3n) is 3.99. The number of nitrogens with one attached hydrogen (secondary N) is 1. The number of amides is 1. The summed E-state index contributed by atoms with van der Waals surface area (Å²) in [6, 6.07) is 10.9. The highest BCUT2D eigenvalue weighted by Crippen LogP contribution is 2.23. The van der Waals surface area contributed by atoms with E-state index in [0.29, 0.717) is 16.5 Å². The van der Waals surface area contributed by atoms with Gasteiger partial charge in [-0.3, -0.25) is 4.79 Å². The summed E-state index contributed by atoms with van der Waals surface area (Å²) in [5.41, 5.74) is 1.02. The Balaban J connectivity index is 1.61. The predicted molar refractivity (Wildman–Crippen MR) is 103 cm³/mol. The molecule has 136 valence electrons. The van der Waals surface area contributed by atoms with Gasteiger partial charge in [-0.05, 0) is 36.2 Å². The number of aryl methyl sites for hydroxylation is 1. The minimum Gasteiger partial charge on any atom is -0.455 e. The summed E-state index contributed by atoms with van der Waals surface area (Å²) in [6.07, 6.45) is 4.42. The van der Waals surface area contributed by atoms with Crippen LogP contribution >= 0.6 is 23.4 Å². The average Bonchev–Trinajstić information content (AvgIpc) is 3.27. The number of furan rings is 1. The first-order valence-electron chi connectivity index (χ1n) is 8.32. The summed E-state index contributed by atoms with van der Waals surface area (Å²) in [5, 5.41) is 4.59. The van der Waals surface area contributed by atoms with E-state index in [0.717, 1.165) is 22.9 Å². The molecular formula is C19H20ClN3O2S. The Labute approximate surface area is 161 Å². The van der Waals surface area contributed by atoms with Crippen molar-refractivity contribution in [2.24, 2.45) is 7.05 Å². The molecule has 0 saturated carbocycles. The second kappa shape index (κ2) is 8.47. The second-order valence-electron chi connectivity index (χ2n) is 5.86. The molecule has 1 amide bonds. The van der Waals surface area contributed by atoms with Gasteiger partial charge in [0.15, 0.2) is 10.9 Å². The van der Waals surface area contributed by atoms with Crippen molar-refractivity contribution in [3.05, 3.63) is 70.9 Å². The zero-order valence-corrected chi connectivity index (χ0v) is 16.2. The molecule has 2 heterocycles. The van der Waals surface area contributed by atoms with Crippen LogP contribution in [0.5, 0.6) is 0 Å². The molecule has 0 aliphatic carbocycles. The lowest BCUT2D eigenvalue weighted by Gasteiger charge is -2.16. The minimum absolute atomic E-state index is 0.0877. The number of hydrogen-bond donors (Lipinski definition) is 1. The van der Waals surface area contributed by atoms with Crippen LogP contribution in [0.3, 0.4) is 0 Å². The fourth-order valence-electron chi connectivity index (χ4n) is 2.55. The average molecular weight is 390 g/mol. The van der Waals surface area contributed by atoms with E-state index in [4.69, 9.17) is 16.0 Å². The molecule has 2 aromatic heterocycles. The number of aromatic nitrogens is 2. The van der Waals surface area contributed by atoms with Crippen LogP contribution in [0.15, 0.2) is 58.4 Å². The molecule has 0 fully saturated rings. The van der Waals surface area contributed by atoms with Gasteiger partial charge in [-0.2, -0.15) is 0 Å². The lowest BCUT2D eigenvalue weighted by Crippen LogP contribution is -2.27. The number of imidazole rings is 1. The molecule has 3 rings (SSSR count). The van der Waals surface area contributed by atoms with Crippen molar-refractivity contribution in [3.8, 4) is 0 Å². The number of benzene rings is 1. The summed E-state index contributed by atoms with van der Waals surface area (Å²) >= 11 is 7.49. The Kier molecular flexibility index (Phi) is 6.06. The van der Waals surface area contributed by atoms with Gasteiger partial charge in [0, 0.05) is 24.5 Å². The van der Waals surface area contributed by atoms with Crippen molar-refractivity contribution < 1.29 is 9.21 Å². The van der Waals surface area contributed by atoms with E-state index in [1.165, 1.54) is 0 Å². The van der Waals surface area contributed by atoms with E-state index in [2.05, 4.69) is 10.3 Å². The Morgan fingerprint density at radius 1 is 1.31 bits per heavy atom. The first-order valence-corrected chi connectivity index (χ1v) is 9.68. The van der Waals surface area contributed by atoms with Crippen molar-refractivity contribution in [1.82, 2.24) is 14.9 Å². The van der Waals surface area contributed by atoms with Crippen molar-refractivity contribution in [2.75, 3.05) is 0 Å². The highest BCUT2D eigenvalue weighted by molar-refractivity contribution is 7.98. The molecule has 0 radical (unpaired) electrons. The largest absolute Gasteiger partial charge is 0.455 e. The molecule has 0 saturated heterocycles. The van der Waals surface area contributed by atoms with Crippen LogP contribution in [0.25, 0.3) is 0 Å². The van der Waals surface area contributed by atoms with Gasteiger partial charge in [0.1, 0.15) is 5.76 Å². The minimum atomic E-state index is -0.222. The third kappa shape index (κ3) is 4.51. The van der Waals surface area contributed by atoms with Gasteiger partial charge in [0.2, 0.25) is 0 Å². The standard InChI is InChI=1S/C19H20ClN3O2S/c1-3-16(13-4-6-14(20)7-5-13)22-18(24)17-9-8-15(25-17)12-26-19-21-10-11-23(19)2/h4-11,16H,3,12H2,1-2H3,(H,22,24). The van der Waals surface area contributed by atoms with E-state index in [9.17, 15) is 4.79 Å². The zero-order chi connectivity index (χ0) is 18.5. The highest BCUT2D eigenvalue weighted by Gasteiger charge is 2.17. The first-order chi connectivity index (χ1) is 12.6. The molecule has 0 aliphatic heterocycles. The number of hydrogen-bond acceptors (Lipinski definition) is 4. The van der Waals surface area contributed by atoms with Crippen molar-refractivity contribution in [2.45, 2.75) is 30.3 Å². The number of carbonyl (C=O) groups excluding carboxylic acids is 1. The Hall–Kier alpha value is -2.18. The maximum atomic E-state index is 12.5. The predicted octanol–water partition coefficient (Wildman–Crippen LogP) is 4.84. The van der Waals surface area contributed by atoms with Crippen molar-refractivity contribution in [1.29, 1.82) is 0 Å². The van der Waals surface area contributed by atoms with Crippen LogP contribution in [-0.4, -0.2) is 15.5 Å². The fourth-order valence-corrected chi connectivity index (χ4v) is 3.50. The number of rotatable bonds is 7. The molecule has 1 N–H and O–H groups in total. The molecule has 7 heteroatoms. The van der Waals surface area contributed by atoms with Crippen LogP contribution in [0.4, 0.5) is 0 Å². The van der Waals surface area contributed by atoms with E-state index in [-0.39, 0.29) is 11.9 Å². The Bertz CT molecular complexity index is 873. The van der Waals surface area contributed by atoms with E-state index in [1.807, 2.05) is 55.1 Å². The van der Waals surface area contributed by atoms with Crippen LogP contribution < -0.4 is 5.32 Å². The normalized spacial score (nSPS) is 12.1.